The first-order valence-corrected chi connectivity index (χ1v) is 8.95. The molecule has 8 heteroatoms. The summed E-state index contributed by atoms with van der Waals surface area (Å²) >= 11 is 9.18. The Morgan fingerprint density at radius 1 is 1.19 bits per heavy atom. The van der Waals surface area contributed by atoms with Crippen LogP contribution in [0.4, 0.5) is 15.8 Å². The van der Waals surface area contributed by atoms with Crippen LogP contribution in [0.25, 0.3) is 0 Å². The van der Waals surface area contributed by atoms with Crippen LogP contribution in [-0.2, 0) is 4.79 Å². The lowest BCUT2D eigenvalue weighted by molar-refractivity contribution is -0.116. The van der Waals surface area contributed by atoms with Crippen molar-refractivity contribution in [2.24, 2.45) is 0 Å². The van der Waals surface area contributed by atoms with Gasteiger partial charge in [-0.25, -0.2) is 4.39 Å². The number of carbonyl (C=O) groups excluding carboxylic acids is 2. The second-order valence-electron chi connectivity index (χ2n) is 5.73. The van der Waals surface area contributed by atoms with Gasteiger partial charge in [0.15, 0.2) is 0 Å². The molecule has 0 aliphatic heterocycles. The minimum atomic E-state index is -0.506. The van der Waals surface area contributed by atoms with Crippen LogP contribution in [0.3, 0.4) is 0 Å². The number of hydrogen-bond acceptors (Lipinski definition) is 3. The molecule has 0 saturated heterocycles. The lowest BCUT2D eigenvalue weighted by Gasteiger charge is -2.18. The molecule has 0 heterocycles. The monoisotopic (exact) mass is 441 g/mol. The Kier molecular flexibility index (Phi) is 6.99. The van der Waals surface area contributed by atoms with Crippen molar-refractivity contribution in [3.8, 4) is 0 Å². The summed E-state index contributed by atoms with van der Waals surface area (Å²) in [6.07, 6.45) is 0.0675. The van der Waals surface area contributed by atoms with Gasteiger partial charge in [-0.15, -0.1) is 0 Å². The fourth-order valence-corrected chi connectivity index (χ4v) is 2.87. The van der Waals surface area contributed by atoms with E-state index in [1.807, 2.05) is 19.0 Å². The van der Waals surface area contributed by atoms with Gasteiger partial charge in [0.25, 0.3) is 5.91 Å². The summed E-state index contributed by atoms with van der Waals surface area (Å²) in [5.41, 5.74) is 1.58. The van der Waals surface area contributed by atoms with E-state index < -0.39 is 11.7 Å². The van der Waals surface area contributed by atoms with Crippen LogP contribution in [0.2, 0.25) is 5.02 Å². The normalized spacial score (nSPS) is 10.3. The van der Waals surface area contributed by atoms with E-state index in [0.717, 1.165) is 11.8 Å². The number of nitrogens with one attached hydrogen (secondary N) is 2. The molecule has 0 bridgehead atoms. The maximum Gasteiger partial charge on any atom is 0.252 e. The minimum absolute atomic E-state index is 0.0675. The quantitative estimate of drug-likeness (QED) is 0.709. The average molecular weight is 443 g/mol. The van der Waals surface area contributed by atoms with E-state index in [1.165, 1.54) is 12.1 Å². The summed E-state index contributed by atoms with van der Waals surface area (Å²) in [6.45, 7) is 0.117. The Balaban J connectivity index is 1.93. The van der Waals surface area contributed by atoms with Gasteiger partial charge in [-0.1, -0.05) is 11.6 Å². The average Bonchev–Trinajstić information content (AvgIpc) is 2.56. The SMILES string of the molecule is CN(C)c1ccc(Cl)cc1NC(=O)CCNC(=O)c1cc(F)ccc1Br. The summed E-state index contributed by atoms with van der Waals surface area (Å²) in [7, 11) is 3.71. The molecule has 26 heavy (non-hydrogen) atoms. The lowest BCUT2D eigenvalue weighted by Crippen LogP contribution is -2.28. The van der Waals surface area contributed by atoms with Gasteiger partial charge >= 0.3 is 0 Å². The summed E-state index contributed by atoms with van der Waals surface area (Å²) in [6, 6.07) is 9.05. The highest BCUT2D eigenvalue weighted by Crippen LogP contribution is 2.27. The van der Waals surface area contributed by atoms with Crippen molar-refractivity contribution in [2.45, 2.75) is 6.42 Å². The van der Waals surface area contributed by atoms with Crippen LogP contribution in [0, 0.1) is 5.82 Å². The zero-order chi connectivity index (χ0) is 19.3. The maximum absolute atomic E-state index is 13.3. The number of rotatable bonds is 6. The number of halogens is 3. The Labute approximate surface area is 164 Å². The summed E-state index contributed by atoms with van der Waals surface area (Å²) in [5.74, 6) is -1.23. The number of carbonyl (C=O) groups is 2. The Bertz CT molecular complexity index is 830. The highest BCUT2D eigenvalue weighted by molar-refractivity contribution is 9.10. The molecular formula is C18H18BrClFN3O2. The molecule has 0 atom stereocenters. The number of nitrogens with zero attached hydrogens (tertiary/aromatic N) is 1. The molecule has 0 aliphatic rings. The lowest BCUT2D eigenvalue weighted by atomic mass is 10.2. The summed E-state index contributed by atoms with van der Waals surface area (Å²) in [4.78, 5) is 26.1. The molecule has 0 spiro atoms. The zero-order valence-electron chi connectivity index (χ0n) is 14.3. The van der Waals surface area contributed by atoms with E-state index in [4.69, 9.17) is 11.6 Å². The molecule has 0 fully saturated rings. The van der Waals surface area contributed by atoms with Crippen LogP contribution in [0.5, 0.6) is 0 Å². The fourth-order valence-electron chi connectivity index (χ4n) is 2.27. The van der Waals surface area contributed by atoms with E-state index >= 15 is 0 Å². The smallest absolute Gasteiger partial charge is 0.252 e. The van der Waals surface area contributed by atoms with E-state index in [1.54, 1.807) is 18.2 Å². The van der Waals surface area contributed by atoms with Gasteiger partial charge in [-0.3, -0.25) is 9.59 Å². The molecule has 2 N–H and O–H groups in total. The van der Waals surface area contributed by atoms with Crippen LogP contribution in [0.15, 0.2) is 40.9 Å². The highest BCUT2D eigenvalue weighted by Gasteiger charge is 2.13. The van der Waals surface area contributed by atoms with E-state index in [2.05, 4.69) is 26.6 Å². The van der Waals surface area contributed by atoms with Crippen molar-refractivity contribution < 1.29 is 14.0 Å². The standard InChI is InChI=1S/C18H18BrClFN3O2/c1-24(2)16-6-3-11(20)9-15(16)23-17(25)7-8-22-18(26)13-10-12(21)4-5-14(13)19/h3-6,9-10H,7-8H2,1-2H3,(H,22,26)(H,23,25). The first kappa shape index (κ1) is 20.2. The maximum atomic E-state index is 13.3. The molecule has 138 valence electrons. The van der Waals surface area contributed by atoms with E-state index in [9.17, 15) is 14.0 Å². The molecule has 0 unspecified atom stereocenters. The van der Waals surface area contributed by atoms with E-state index in [0.29, 0.717) is 15.2 Å². The van der Waals surface area contributed by atoms with Crippen molar-refractivity contribution in [2.75, 3.05) is 30.9 Å². The summed E-state index contributed by atoms with van der Waals surface area (Å²) < 4.78 is 13.7. The van der Waals surface area contributed by atoms with Gasteiger partial charge in [0, 0.05) is 36.6 Å². The van der Waals surface area contributed by atoms with Gasteiger partial charge in [0.05, 0.1) is 16.9 Å². The first-order valence-electron chi connectivity index (χ1n) is 7.78. The third kappa shape index (κ3) is 5.44. The molecule has 0 radical (unpaired) electrons. The van der Waals surface area contributed by atoms with Crippen molar-refractivity contribution in [1.82, 2.24) is 5.32 Å². The van der Waals surface area contributed by atoms with Crippen molar-refractivity contribution in [3.63, 3.8) is 0 Å². The Morgan fingerprint density at radius 2 is 1.92 bits per heavy atom. The van der Waals surface area contributed by atoms with Crippen molar-refractivity contribution in [3.05, 3.63) is 57.3 Å². The zero-order valence-corrected chi connectivity index (χ0v) is 16.6. The van der Waals surface area contributed by atoms with Gasteiger partial charge in [0.1, 0.15) is 5.82 Å². The van der Waals surface area contributed by atoms with Gasteiger partial charge in [-0.05, 0) is 52.3 Å². The first-order chi connectivity index (χ1) is 12.3. The van der Waals surface area contributed by atoms with E-state index in [-0.39, 0.29) is 24.4 Å². The van der Waals surface area contributed by atoms with Crippen LogP contribution < -0.4 is 15.5 Å². The van der Waals surface area contributed by atoms with Gasteiger partial charge < -0.3 is 15.5 Å². The molecule has 0 aromatic heterocycles. The van der Waals surface area contributed by atoms with Crippen molar-refractivity contribution in [1.29, 1.82) is 0 Å². The van der Waals surface area contributed by atoms with Gasteiger partial charge in [0.2, 0.25) is 5.91 Å². The predicted molar refractivity (Wildman–Crippen MR) is 105 cm³/mol. The molecule has 2 aromatic rings. The summed E-state index contributed by atoms with van der Waals surface area (Å²) in [5, 5.41) is 5.89. The molecule has 0 saturated carbocycles. The number of benzene rings is 2. The predicted octanol–water partition coefficient (Wildman–Crippen LogP) is 4.07. The molecule has 2 amide bonds. The minimum Gasteiger partial charge on any atom is -0.376 e. The number of amides is 2. The molecular weight excluding hydrogens is 425 g/mol. The second kappa shape index (κ2) is 9.00. The molecule has 5 nitrogen and oxygen atoms in total. The van der Waals surface area contributed by atoms with Crippen LogP contribution in [-0.4, -0.2) is 32.5 Å². The third-order valence-electron chi connectivity index (χ3n) is 3.53. The number of hydrogen-bond donors (Lipinski definition) is 2. The van der Waals surface area contributed by atoms with Crippen LogP contribution in [0.1, 0.15) is 16.8 Å². The topological polar surface area (TPSA) is 61.4 Å². The van der Waals surface area contributed by atoms with Crippen LogP contribution >= 0.6 is 27.5 Å². The Hall–Kier alpha value is -2.12. The largest absolute Gasteiger partial charge is 0.376 e. The third-order valence-corrected chi connectivity index (χ3v) is 4.45. The molecule has 0 aliphatic carbocycles. The number of anilines is 2. The highest BCUT2D eigenvalue weighted by atomic mass is 79.9. The second-order valence-corrected chi connectivity index (χ2v) is 7.02. The Morgan fingerprint density at radius 3 is 2.62 bits per heavy atom. The fraction of sp³-hybridized carbons (Fsp3) is 0.222. The molecule has 2 aromatic carbocycles. The molecule has 2 rings (SSSR count). The van der Waals surface area contributed by atoms with Crippen molar-refractivity contribution >= 4 is 50.7 Å². The van der Waals surface area contributed by atoms with Gasteiger partial charge in [-0.2, -0.15) is 0 Å².